The summed E-state index contributed by atoms with van der Waals surface area (Å²) >= 11 is 1.42. The zero-order chi connectivity index (χ0) is 13.8. The molecule has 0 radical (unpaired) electrons. The minimum atomic E-state index is 0.0838. The Hall–Kier alpha value is -1.46. The van der Waals surface area contributed by atoms with Crippen LogP contribution in [0.15, 0.2) is 18.3 Å². The summed E-state index contributed by atoms with van der Waals surface area (Å²) in [5, 5.41) is 7.43. The van der Waals surface area contributed by atoms with Crippen LogP contribution in [0.4, 0.5) is 0 Å². The standard InChI is InChI=1S/C14H19N3OS/c1-5-15-14(12-8-16-17-19-12)13-10(3)6-9(2)7-11(13)18-4/h6-8,14-15H,5H2,1-4H3. The van der Waals surface area contributed by atoms with E-state index in [-0.39, 0.29) is 6.04 Å². The lowest BCUT2D eigenvalue weighted by atomic mass is 9.97. The summed E-state index contributed by atoms with van der Waals surface area (Å²) in [5.74, 6) is 0.914. The molecular weight excluding hydrogens is 258 g/mol. The second-order valence-electron chi connectivity index (χ2n) is 4.51. The van der Waals surface area contributed by atoms with Gasteiger partial charge in [-0.3, -0.25) is 0 Å². The molecule has 102 valence electrons. The number of aryl methyl sites for hydroxylation is 2. The molecule has 0 saturated carbocycles. The van der Waals surface area contributed by atoms with E-state index in [1.54, 1.807) is 7.11 Å². The minimum absolute atomic E-state index is 0.0838. The zero-order valence-corrected chi connectivity index (χ0v) is 12.5. The summed E-state index contributed by atoms with van der Waals surface area (Å²) in [7, 11) is 1.71. The van der Waals surface area contributed by atoms with Crippen molar-refractivity contribution >= 4 is 11.5 Å². The van der Waals surface area contributed by atoms with E-state index in [0.29, 0.717) is 0 Å². The fraction of sp³-hybridized carbons (Fsp3) is 0.429. The third-order valence-corrected chi connectivity index (χ3v) is 3.80. The van der Waals surface area contributed by atoms with Gasteiger partial charge in [0.2, 0.25) is 0 Å². The maximum absolute atomic E-state index is 5.56. The summed E-state index contributed by atoms with van der Waals surface area (Å²) in [4.78, 5) is 1.10. The van der Waals surface area contributed by atoms with Gasteiger partial charge in [0.25, 0.3) is 0 Å². The molecule has 0 aliphatic heterocycles. The lowest BCUT2D eigenvalue weighted by Gasteiger charge is -2.21. The van der Waals surface area contributed by atoms with E-state index in [2.05, 4.69) is 47.8 Å². The summed E-state index contributed by atoms with van der Waals surface area (Å²) in [6.45, 7) is 7.16. The third kappa shape index (κ3) is 2.93. The number of benzene rings is 1. The van der Waals surface area contributed by atoms with Gasteiger partial charge in [-0.25, -0.2) is 0 Å². The molecule has 0 bridgehead atoms. The quantitative estimate of drug-likeness (QED) is 0.913. The van der Waals surface area contributed by atoms with Crippen molar-refractivity contribution in [2.45, 2.75) is 26.8 Å². The van der Waals surface area contributed by atoms with E-state index < -0.39 is 0 Å². The van der Waals surface area contributed by atoms with Crippen LogP contribution in [0.5, 0.6) is 5.75 Å². The molecule has 1 atom stereocenters. The minimum Gasteiger partial charge on any atom is -0.496 e. The number of hydrogen-bond donors (Lipinski definition) is 1. The second kappa shape index (κ2) is 6.12. The van der Waals surface area contributed by atoms with Gasteiger partial charge in [-0.2, -0.15) is 0 Å². The van der Waals surface area contributed by atoms with Crippen molar-refractivity contribution in [3.8, 4) is 5.75 Å². The molecule has 1 unspecified atom stereocenters. The highest BCUT2D eigenvalue weighted by atomic mass is 32.1. The van der Waals surface area contributed by atoms with Gasteiger partial charge in [-0.1, -0.05) is 17.5 Å². The smallest absolute Gasteiger partial charge is 0.124 e. The number of ether oxygens (including phenoxy) is 1. The molecule has 2 rings (SSSR count). The maximum Gasteiger partial charge on any atom is 0.124 e. The van der Waals surface area contributed by atoms with E-state index in [1.165, 1.54) is 28.2 Å². The molecule has 1 N–H and O–H groups in total. The number of nitrogens with zero attached hydrogens (tertiary/aromatic N) is 2. The van der Waals surface area contributed by atoms with Gasteiger partial charge < -0.3 is 10.1 Å². The predicted molar refractivity (Wildman–Crippen MR) is 77.9 cm³/mol. The lowest BCUT2D eigenvalue weighted by Crippen LogP contribution is -2.22. The maximum atomic E-state index is 5.56. The number of rotatable bonds is 5. The molecular formula is C14H19N3OS. The van der Waals surface area contributed by atoms with Crippen LogP contribution >= 0.6 is 11.5 Å². The van der Waals surface area contributed by atoms with Crippen molar-refractivity contribution in [1.29, 1.82) is 0 Å². The Morgan fingerprint density at radius 1 is 1.37 bits per heavy atom. The first-order valence-electron chi connectivity index (χ1n) is 6.33. The monoisotopic (exact) mass is 277 g/mol. The number of aromatic nitrogens is 2. The average Bonchev–Trinajstić information content (AvgIpc) is 2.89. The highest BCUT2D eigenvalue weighted by Gasteiger charge is 2.21. The molecule has 0 fully saturated rings. The molecule has 0 amide bonds. The van der Waals surface area contributed by atoms with Crippen molar-refractivity contribution < 1.29 is 4.74 Å². The molecule has 0 aliphatic carbocycles. The van der Waals surface area contributed by atoms with Gasteiger partial charge >= 0.3 is 0 Å². The molecule has 1 aromatic heterocycles. The molecule has 0 spiro atoms. The van der Waals surface area contributed by atoms with Crippen molar-refractivity contribution in [1.82, 2.24) is 14.9 Å². The van der Waals surface area contributed by atoms with E-state index >= 15 is 0 Å². The Labute approximate surface area is 118 Å². The second-order valence-corrected chi connectivity index (χ2v) is 5.33. The highest BCUT2D eigenvalue weighted by Crippen LogP contribution is 2.34. The van der Waals surface area contributed by atoms with Gasteiger partial charge in [-0.15, -0.1) is 5.10 Å². The first-order chi connectivity index (χ1) is 9.17. The van der Waals surface area contributed by atoms with Crippen LogP contribution in [0.1, 0.15) is 34.5 Å². The summed E-state index contributed by atoms with van der Waals surface area (Å²) < 4.78 is 9.52. The Balaban J connectivity index is 2.53. The Bertz CT molecular complexity index is 540. The first-order valence-corrected chi connectivity index (χ1v) is 7.10. The number of methoxy groups -OCH3 is 1. The van der Waals surface area contributed by atoms with Crippen LogP contribution in [-0.4, -0.2) is 23.2 Å². The summed E-state index contributed by atoms with van der Waals surface area (Å²) in [5.41, 5.74) is 3.59. The van der Waals surface area contributed by atoms with Crippen molar-refractivity contribution in [2.75, 3.05) is 13.7 Å². The van der Waals surface area contributed by atoms with Gasteiger partial charge in [0.15, 0.2) is 0 Å². The van der Waals surface area contributed by atoms with E-state index in [9.17, 15) is 0 Å². The first kappa shape index (κ1) is 14.0. The highest BCUT2D eigenvalue weighted by molar-refractivity contribution is 7.05. The predicted octanol–water partition coefficient (Wildman–Crippen LogP) is 2.86. The fourth-order valence-corrected chi connectivity index (χ4v) is 2.92. The van der Waals surface area contributed by atoms with E-state index in [0.717, 1.165) is 17.2 Å². The van der Waals surface area contributed by atoms with Gasteiger partial charge in [-0.05, 0) is 49.1 Å². The molecule has 1 heterocycles. The van der Waals surface area contributed by atoms with Crippen molar-refractivity contribution in [3.05, 3.63) is 39.9 Å². The fourth-order valence-electron chi connectivity index (χ4n) is 2.33. The zero-order valence-electron chi connectivity index (χ0n) is 11.7. The lowest BCUT2D eigenvalue weighted by molar-refractivity contribution is 0.403. The number of hydrogen-bond acceptors (Lipinski definition) is 5. The molecule has 4 nitrogen and oxygen atoms in total. The molecule has 1 aromatic carbocycles. The normalized spacial score (nSPS) is 12.4. The molecule has 0 saturated heterocycles. The number of nitrogens with one attached hydrogen (secondary N) is 1. The molecule has 19 heavy (non-hydrogen) atoms. The van der Waals surface area contributed by atoms with Crippen molar-refractivity contribution in [2.24, 2.45) is 0 Å². The van der Waals surface area contributed by atoms with Gasteiger partial charge in [0.1, 0.15) is 5.75 Å². The molecule has 2 aromatic rings. The Morgan fingerprint density at radius 2 is 2.16 bits per heavy atom. The van der Waals surface area contributed by atoms with Crippen LogP contribution in [0.2, 0.25) is 0 Å². The van der Waals surface area contributed by atoms with E-state index in [4.69, 9.17) is 4.74 Å². The Kier molecular flexibility index (Phi) is 4.50. The summed E-state index contributed by atoms with van der Waals surface area (Å²) in [6.07, 6.45) is 1.82. The summed E-state index contributed by atoms with van der Waals surface area (Å²) in [6, 6.07) is 4.33. The van der Waals surface area contributed by atoms with E-state index in [1.807, 2.05) is 6.20 Å². The molecule has 0 aliphatic rings. The third-order valence-electron chi connectivity index (χ3n) is 3.07. The van der Waals surface area contributed by atoms with Gasteiger partial charge in [0, 0.05) is 5.56 Å². The van der Waals surface area contributed by atoms with Crippen molar-refractivity contribution in [3.63, 3.8) is 0 Å². The molecule has 5 heteroatoms. The average molecular weight is 277 g/mol. The van der Waals surface area contributed by atoms with Crippen LogP contribution in [0, 0.1) is 13.8 Å². The van der Waals surface area contributed by atoms with Crippen LogP contribution in [-0.2, 0) is 0 Å². The van der Waals surface area contributed by atoms with Crippen LogP contribution < -0.4 is 10.1 Å². The van der Waals surface area contributed by atoms with Crippen LogP contribution in [0.3, 0.4) is 0 Å². The SMILES string of the molecule is CCNC(c1cnns1)c1c(C)cc(C)cc1OC. The largest absolute Gasteiger partial charge is 0.496 e. The topological polar surface area (TPSA) is 47.0 Å². The Morgan fingerprint density at radius 3 is 2.74 bits per heavy atom. The van der Waals surface area contributed by atoms with Gasteiger partial charge in [0.05, 0.1) is 24.2 Å². The van der Waals surface area contributed by atoms with Crippen LogP contribution in [0.25, 0.3) is 0 Å².